The molecule has 1 amide bonds. The van der Waals surface area contributed by atoms with E-state index in [9.17, 15) is 9.90 Å². The van der Waals surface area contributed by atoms with E-state index in [1.807, 2.05) is 59.3 Å². The molecular weight excluding hydrogens is 318 g/mol. The van der Waals surface area contributed by atoms with Crippen molar-refractivity contribution in [1.82, 2.24) is 5.32 Å². The van der Waals surface area contributed by atoms with E-state index in [4.69, 9.17) is 0 Å². The monoisotopic (exact) mass is 337 g/mol. The molecule has 1 aromatic heterocycles. The number of aliphatic hydroxyl groups is 1. The second-order valence-electron chi connectivity index (χ2n) is 5.55. The fourth-order valence-electron chi connectivity index (χ4n) is 2.63. The van der Waals surface area contributed by atoms with E-state index >= 15 is 0 Å². The number of fused-ring (bicyclic) bond motifs is 1. The first kappa shape index (κ1) is 16.4. The summed E-state index contributed by atoms with van der Waals surface area (Å²) in [6.07, 6.45) is 3.18. The van der Waals surface area contributed by atoms with Gasteiger partial charge in [-0.2, -0.15) is 11.3 Å². The third-order valence-electron chi connectivity index (χ3n) is 3.87. The Balaban J connectivity index is 1.55. The number of hydrogen-bond acceptors (Lipinski definition) is 3. The molecular formula is C20H19NO2S. The first-order chi connectivity index (χ1) is 11.7. The molecule has 0 fully saturated rings. The van der Waals surface area contributed by atoms with Crippen molar-refractivity contribution in [2.45, 2.75) is 12.5 Å². The summed E-state index contributed by atoms with van der Waals surface area (Å²) in [6, 6.07) is 15.9. The maximum Gasteiger partial charge on any atom is 0.244 e. The van der Waals surface area contributed by atoms with Crippen LogP contribution in [0, 0.1) is 0 Å². The molecule has 0 aliphatic carbocycles. The number of aliphatic hydroxyl groups excluding tert-OH is 1. The second-order valence-corrected chi connectivity index (χ2v) is 6.33. The van der Waals surface area contributed by atoms with Gasteiger partial charge in [0, 0.05) is 12.6 Å². The number of amides is 1. The average Bonchev–Trinajstić information content (AvgIpc) is 3.13. The molecule has 2 N–H and O–H groups in total. The molecule has 1 heterocycles. The van der Waals surface area contributed by atoms with Gasteiger partial charge in [0.15, 0.2) is 0 Å². The van der Waals surface area contributed by atoms with Crippen molar-refractivity contribution in [3.63, 3.8) is 0 Å². The summed E-state index contributed by atoms with van der Waals surface area (Å²) in [7, 11) is 0. The molecule has 2 aromatic carbocycles. The van der Waals surface area contributed by atoms with Gasteiger partial charge >= 0.3 is 0 Å². The molecule has 0 unspecified atom stereocenters. The lowest BCUT2D eigenvalue weighted by Crippen LogP contribution is -2.23. The Morgan fingerprint density at radius 3 is 2.83 bits per heavy atom. The SMILES string of the molecule is O=C(/C=C/c1ccsc1)NCC[C@@H](O)c1cccc2ccccc12. The van der Waals surface area contributed by atoms with Gasteiger partial charge in [0.2, 0.25) is 5.91 Å². The largest absolute Gasteiger partial charge is 0.388 e. The van der Waals surface area contributed by atoms with Crippen molar-refractivity contribution in [2.75, 3.05) is 6.54 Å². The van der Waals surface area contributed by atoms with Crippen molar-refractivity contribution in [2.24, 2.45) is 0 Å². The molecule has 0 aliphatic heterocycles. The molecule has 4 heteroatoms. The summed E-state index contributed by atoms with van der Waals surface area (Å²) in [5, 5.41) is 19.4. The van der Waals surface area contributed by atoms with Gasteiger partial charge in [-0.05, 0) is 51.2 Å². The second kappa shape index (κ2) is 7.90. The summed E-state index contributed by atoms with van der Waals surface area (Å²) in [6.45, 7) is 0.428. The zero-order valence-electron chi connectivity index (χ0n) is 13.2. The Hall–Kier alpha value is -2.43. The highest BCUT2D eigenvalue weighted by Crippen LogP contribution is 2.25. The van der Waals surface area contributed by atoms with Gasteiger partial charge in [0.25, 0.3) is 0 Å². The number of hydrogen-bond donors (Lipinski definition) is 2. The van der Waals surface area contributed by atoms with Crippen molar-refractivity contribution in [3.05, 3.63) is 76.5 Å². The predicted molar refractivity (Wildman–Crippen MR) is 99.9 cm³/mol. The predicted octanol–water partition coefficient (Wildman–Crippen LogP) is 4.15. The number of benzene rings is 2. The van der Waals surface area contributed by atoms with Crippen molar-refractivity contribution < 1.29 is 9.90 Å². The van der Waals surface area contributed by atoms with Crippen LogP contribution in [0.15, 0.2) is 65.4 Å². The summed E-state index contributed by atoms with van der Waals surface area (Å²) in [4.78, 5) is 11.8. The van der Waals surface area contributed by atoms with Crippen LogP contribution >= 0.6 is 11.3 Å². The van der Waals surface area contributed by atoms with Crippen LogP contribution in [0.3, 0.4) is 0 Å². The van der Waals surface area contributed by atoms with Crippen molar-refractivity contribution in [3.8, 4) is 0 Å². The van der Waals surface area contributed by atoms with E-state index in [2.05, 4.69) is 5.32 Å². The average molecular weight is 337 g/mol. The summed E-state index contributed by atoms with van der Waals surface area (Å²) in [5.74, 6) is -0.147. The van der Waals surface area contributed by atoms with Gasteiger partial charge in [0.05, 0.1) is 6.10 Å². The number of carbonyl (C=O) groups is 1. The normalized spacial score (nSPS) is 12.5. The lowest BCUT2D eigenvalue weighted by atomic mass is 9.99. The lowest BCUT2D eigenvalue weighted by Gasteiger charge is -2.14. The van der Waals surface area contributed by atoms with Gasteiger partial charge in [-0.15, -0.1) is 0 Å². The number of carbonyl (C=O) groups excluding carboxylic acids is 1. The Kier molecular flexibility index (Phi) is 5.41. The lowest BCUT2D eigenvalue weighted by molar-refractivity contribution is -0.116. The molecule has 0 saturated carbocycles. The third kappa shape index (κ3) is 4.10. The summed E-state index contributed by atoms with van der Waals surface area (Å²) in [5.41, 5.74) is 1.92. The summed E-state index contributed by atoms with van der Waals surface area (Å²) < 4.78 is 0. The van der Waals surface area contributed by atoms with Crippen LogP contribution in [0.5, 0.6) is 0 Å². The van der Waals surface area contributed by atoms with E-state index in [1.54, 1.807) is 17.4 Å². The topological polar surface area (TPSA) is 49.3 Å². The number of thiophene rings is 1. The zero-order chi connectivity index (χ0) is 16.8. The minimum atomic E-state index is -0.600. The first-order valence-corrected chi connectivity index (χ1v) is 8.82. The molecule has 1 atom stereocenters. The molecule has 0 bridgehead atoms. The molecule has 0 spiro atoms. The Bertz CT molecular complexity index is 834. The zero-order valence-corrected chi connectivity index (χ0v) is 14.0. The van der Waals surface area contributed by atoms with Crippen LogP contribution in [0.25, 0.3) is 16.8 Å². The van der Waals surface area contributed by atoms with Crippen LogP contribution in [-0.2, 0) is 4.79 Å². The minimum absolute atomic E-state index is 0.147. The Labute approximate surface area is 145 Å². The molecule has 0 saturated heterocycles. The fraction of sp³-hybridized carbons (Fsp3) is 0.150. The van der Waals surface area contributed by atoms with Gasteiger partial charge < -0.3 is 10.4 Å². The van der Waals surface area contributed by atoms with Gasteiger partial charge in [0.1, 0.15) is 0 Å². The minimum Gasteiger partial charge on any atom is -0.388 e. The molecule has 122 valence electrons. The fourth-order valence-corrected chi connectivity index (χ4v) is 3.26. The maximum absolute atomic E-state index is 11.8. The van der Waals surface area contributed by atoms with Gasteiger partial charge in [-0.1, -0.05) is 42.5 Å². The number of nitrogens with one attached hydrogen (secondary N) is 1. The highest BCUT2D eigenvalue weighted by Gasteiger charge is 2.11. The van der Waals surface area contributed by atoms with Gasteiger partial charge in [-0.25, -0.2) is 0 Å². The molecule has 3 nitrogen and oxygen atoms in total. The summed E-state index contributed by atoms with van der Waals surface area (Å²) >= 11 is 1.60. The van der Waals surface area contributed by atoms with Crippen LogP contribution in [0.2, 0.25) is 0 Å². The third-order valence-corrected chi connectivity index (χ3v) is 4.57. The van der Waals surface area contributed by atoms with Crippen LogP contribution in [0.4, 0.5) is 0 Å². The van der Waals surface area contributed by atoms with Crippen molar-refractivity contribution >= 4 is 34.1 Å². The van der Waals surface area contributed by atoms with Crippen molar-refractivity contribution in [1.29, 1.82) is 0 Å². The number of rotatable bonds is 6. The van der Waals surface area contributed by atoms with Gasteiger partial charge in [-0.3, -0.25) is 4.79 Å². The molecule has 3 rings (SSSR count). The first-order valence-electron chi connectivity index (χ1n) is 7.88. The highest BCUT2D eigenvalue weighted by molar-refractivity contribution is 7.08. The molecule has 3 aromatic rings. The quantitative estimate of drug-likeness (QED) is 0.664. The molecule has 0 radical (unpaired) electrons. The van der Waals surface area contributed by atoms with Crippen LogP contribution < -0.4 is 5.32 Å². The van der Waals surface area contributed by atoms with E-state index in [1.165, 1.54) is 6.08 Å². The molecule has 0 aliphatic rings. The Morgan fingerprint density at radius 2 is 2.00 bits per heavy atom. The van der Waals surface area contributed by atoms with Crippen LogP contribution in [0.1, 0.15) is 23.7 Å². The smallest absolute Gasteiger partial charge is 0.244 e. The molecule has 24 heavy (non-hydrogen) atoms. The highest BCUT2D eigenvalue weighted by atomic mass is 32.1. The van der Waals surface area contributed by atoms with E-state index in [0.717, 1.165) is 21.9 Å². The standard InChI is InChI=1S/C20H19NO2S/c22-19(18-7-3-5-16-4-1-2-6-17(16)18)10-12-21-20(23)9-8-15-11-13-24-14-15/h1-9,11,13-14,19,22H,10,12H2,(H,21,23)/b9-8+/t19-/m1/s1. The van der Waals surface area contributed by atoms with E-state index in [-0.39, 0.29) is 5.91 Å². The van der Waals surface area contributed by atoms with E-state index < -0.39 is 6.10 Å². The van der Waals surface area contributed by atoms with E-state index in [0.29, 0.717) is 13.0 Å². The Morgan fingerprint density at radius 1 is 1.17 bits per heavy atom. The maximum atomic E-state index is 11.8. The van der Waals surface area contributed by atoms with Crippen LogP contribution in [-0.4, -0.2) is 17.6 Å².